The Labute approximate surface area is 214 Å². The van der Waals surface area contributed by atoms with Crippen molar-refractivity contribution in [3.8, 4) is 5.75 Å². The first kappa shape index (κ1) is 25.8. The number of ether oxygens (including phenoxy) is 1. The zero-order valence-corrected chi connectivity index (χ0v) is 22.3. The van der Waals surface area contributed by atoms with Crippen molar-refractivity contribution < 1.29 is 17.9 Å². The molecule has 1 aliphatic rings. The van der Waals surface area contributed by atoms with E-state index in [1.54, 1.807) is 30.3 Å². The van der Waals surface area contributed by atoms with E-state index in [2.05, 4.69) is 26.1 Å². The molecule has 0 fully saturated rings. The van der Waals surface area contributed by atoms with Crippen LogP contribution in [0.25, 0.3) is 0 Å². The Morgan fingerprint density at radius 2 is 1.72 bits per heavy atom. The highest BCUT2D eigenvalue weighted by atomic mass is 32.2. The lowest BCUT2D eigenvalue weighted by Crippen LogP contribution is -2.51. The standard InChI is InChI=1S/C29H34N2O4S/c1-20-11-14-24(15-12-20)36(33,34)31-19-27(28(32)30-18-21(2)22-9-7-6-8-10-22)35-26-16-13-23(17-25(26)31)29(3,4)5/h6-17,21,27H,18-19H2,1-5H3,(H,30,32)/t21-,27-/m1/s1. The second kappa shape index (κ2) is 9.97. The third-order valence-corrected chi connectivity index (χ3v) is 8.34. The van der Waals surface area contributed by atoms with E-state index < -0.39 is 16.1 Å². The van der Waals surface area contributed by atoms with Gasteiger partial charge in [-0.15, -0.1) is 0 Å². The number of rotatable bonds is 6. The molecule has 0 aliphatic carbocycles. The normalized spacial score (nSPS) is 16.6. The number of aryl methyl sites for hydroxylation is 1. The maximum atomic E-state index is 13.8. The first-order valence-electron chi connectivity index (χ1n) is 12.2. The lowest BCUT2D eigenvalue weighted by atomic mass is 9.86. The minimum atomic E-state index is -3.92. The summed E-state index contributed by atoms with van der Waals surface area (Å²) in [5.41, 5.74) is 3.33. The van der Waals surface area contributed by atoms with E-state index in [0.717, 1.165) is 16.7 Å². The molecule has 1 heterocycles. The van der Waals surface area contributed by atoms with Gasteiger partial charge in [0.25, 0.3) is 15.9 Å². The van der Waals surface area contributed by atoms with Crippen molar-refractivity contribution in [2.75, 3.05) is 17.4 Å². The van der Waals surface area contributed by atoms with Gasteiger partial charge >= 0.3 is 0 Å². The van der Waals surface area contributed by atoms with E-state index >= 15 is 0 Å². The summed E-state index contributed by atoms with van der Waals surface area (Å²) >= 11 is 0. The summed E-state index contributed by atoms with van der Waals surface area (Å²) in [6.07, 6.45) is -0.971. The number of hydrogen-bond donors (Lipinski definition) is 1. The van der Waals surface area contributed by atoms with E-state index in [0.29, 0.717) is 18.0 Å². The Kier molecular flexibility index (Phi) is 7.14. The van der Waals surface area contributed by atoms with Crippen molar-refractivity contribution in [3.63, 3.8) is 0 Å². The SMILES string of the molecule is Cc1ccc(S(=O)(=O)N2C[C@H](C(=O)NC[C@@H](C)c3ccccc3)Oc3ccc(C(C)(C)C)cc32)cc1. The second-order valence-corrected chi connectivity index (χ2v) is 12.3. The molecule has 36 heavy (non-hydrogen) atoms. The number of nitrogens with zero attached hydrogens (tertiary/aromatic N) is 1. The van der Waals surface area contributed by atoms with Crippen LogP contribution in [0.5, 0.6) is 5.75 Å². The number of fused-ring (bicyclic) bond motifs is 1. The quantitative estimate of drug-likeness (QED) is 0.501. The van der Waals surface area contributed by atoms with Crippen LogP contribution in [-0.4, -0.2) is 33.5 Å². The third-order valence-electron chi connectivity index (χ3n) is 6.55. The minimum Gasteiger partial charge on any atom is -0.476 e. The van der Waals surface area contributed by atoms with Gasteiger partial charge in [-0.2, -0.15) is 0 Å². The number of nitrogens with one attached hydrogen (secondary N) is 1. The fourth-order valence-corrected chi connectivity index (χ4v) is 5.65. The van der Waals surface area contributed by atoms with Crippen LogP contribution in [0.4, 0.5) is 5.69 Å². The summed E-state index contributed by atoms with van der Waals surface area (Å²) in [5, 5.41) is 2.95. The van der Waals surface area contributed by atoms with Crippen LogP contribution < -0.4 is 14.4 Å². The number of hydrogen-bond acceptors (Lipinski definition) is 4. The Morgan fingerprint density at radius 1 is 1.06 bits per heavy atom. The molecular weight excluding hydrogens is 472 g/mol. The molecule has 1 aliphatic heterocycles. The Morgan fingerprint density at radius 3 is 2.36 bits per heavy atom. The van der Waals surface area contributed by atoms with Gasteiger partial charge in [0, 0.05) is 6.54 Å². The topological polar surface area (TPSA) is 75.7 Å². The fourth-order valence-electron chi connectivity index (χ4n) is 4.19. The van der Waals surface area contributed by atoms with E-state index in [9.17, 15) is 13.2 Å². The number of carbonyl (C=O) groups is 1. The first-order valence-corrected chi connectivity index (χ1v) is 13.6. The highest BCUT2D eigenvalue weighted by Crippen LogP contribution is 2.40. The number of amides is 1. The molecule has 0 spiro atoms. The molecular formula is C29H34N2O4S. The number of carbonyl (C=O) groups excluding carboxylic acids is 1. The fraction of sp³-hybridized carbons (Fsp3) is 0.345. The zero-order chi connectivity index (χ0) is 26.1. The largest absolute Gasteiger partial charge is 0.476 e. The van der Waals surface area contributed by atoms with Crippen LogP contribution in [0.15, 0.2) is 77.7 Å². The molecule has 3 aromatic carbocycles. The summed E-state index contributed by atoms with van der Waals surface area (Å²) in [5.74, 6) is 0.140. The molecule has 4 rings (SSSR count). The summed E-state index contributed by atoms with van der Waals surface area (Å²) < 4.78 is 34.9. The molecule has 0 saturated heterocycles. The number of anilines is 1. The average molecular weight is 507 g/mol. The highest BCUT2D eigenvalue weighted by Gasteiger charge is 2.38. The Hall–Kier alpha value is -3.32. The summed E-state index contributed by atoms with van der Waals surface area (Å²) in [7, 11) is -3.92. The van der Waals surface area contributed by atoms with E-state index in [4.69, 9.17) is 4.74 Å². The molecule has 7 heteroatoms. The van der Waals surface area contributed by atoms with Gasteiger partial charge in [0.1, 0.15) is 5.75 Å². The summed E-state index contributed by atoms with van der Waals surface area (Å²) in [4.78, 5) is 13.3. The van der Waals surface area contributed by atoms with Crippen molar-refractivity contribution >= 4 is 21.6 Å². The van der Waals surface area contributed by atoms with E-state index in [1.807, 2.05) is 56.3 Å². The molecule has 0 radical (unpaired) electrons. The van der Waals surface area contributed by atoms with E-state index in [-0.39, 0.29) is 28.7 Å². The van der Waals surface area contributed by atoms with Crippen LogP contribution in [-0.2, 0) is 20.2 Å². The van der Waals surface area contributed by atoms with Gasteiger partial charge in [-0.05, 0) is 53.6 Å². The van der Waals surface area contributed by atoms with Gasteiger partial charge in [0.05, 0.1) is 17.1 Å². The smallest absolute Gasteiger partial charge is 0.264 e. The molecule has 0 unspecified atom stereocenters. The molecule has 1 N–H and O–H groups in total. The van der Waals surface area contributed by atoms with E-state index in [1.165, 1.54) is 4.31 Å². The minimum absolute atomic E-state index is 0.104. The number of benzene rings is 3. The summed E-state index contributed by atoms with van der Waals surface area (Å²) in [6, 6.07) is 22.2. The molecule has 190 valence electrons. The third kappa shape index (κ3) is 5.41. The zero-order valence-electron chi connectivity index (χ0n) is 21.5. The molecule has 3 aromatic rings. The molecule has 6 nitrogen and oxygen atoms in total. The predicted molar refractivity (Wildman–Crippen MR) is 143 cm³/mol. The Balaban J connectivity index is 1.64. The van der Waals surface area contributed by atoms with Gasteiger partial charge in [-0.3, -0.25) is 9.10 Å². The highest BCUT2D eigenvalue weighted by molar-refractivity contribution is 7.92. The first-order chi connectivity index (χ1) is 17.0. The summed E-state index contributed by atoms with van der Waals surface area (Å²) in [6.45, 7) is 10.5. The maximum absolute atomic E-state index is 13.8. The maximum Gasteiger partial charge on any atom is 0.264 e. The van der Waals surface area contributed by atoms with Crippen molar-refractivity contribution in [2.24, 2.45) is 0 Å². The predicted octanol–water partition coefficient (Wildman–Crippen LogP) is 5.17. The van der Waals surface area contributed by atoms with Gasteiger partial charge in [-0.1, -0.05) is 81.8 Å². The van der Waals surface area contributed by atoms with Crippen molar-refractivity contribution in [3.05, 3.63) is 89.5 Å². The monoisotopic (exact) mass is 506 g/mol. The van der Waals surface area contributed by atoms with Gasteiger partial charge in [0.2, 0.25) is 0 Å². The van der Waals surface area contributed by atoms with Gasteiger partial charge in [-0.25, -0.2) is 8.42 Å². The lowest BCUT2D eigenvalue weighted by molar-refractivity contribution is -0.127. The molecule has 2 atom stereocenters. The molecule has 1 amide bonds. The molecule has 0 saturated carbocycles. The lowest BCUT2D eigenvalue weighted by Gasteiger charge is -2.36. The number of sulfonamides is 1. The molecule has 0 bridgehead atoms. The van der Waals surface area contributed by atoms with Crippen molar-refractivity contribution in [1.29, 1.82) is 0 Å². The van der Waals surface area contributed by atoms with Crippen molar-refractivity contribution in [2.45, 2.75) is 57.0 Å². The van der Waals surface area contributed by atoms with Crippen LogP contribution in [0.2, 0.25) is 0 Å². The molecule has 0 aromatic heterocycles. The van der Waals surface area contributed by atoms with Crippen LogP contribution in [0, 0.1) is 6.92 Å². The Bertz CT molecular complexity index is 1330. The van der Waals surface area contributed by atoms with Crippen LogP contribution >= 0.6 is 0 Å². The van der Waals surface area contributed by atoms with Gasteiger partial charge < -0.3 is 10.1 Å². The van der Waals surface area contributed by atoms with Crippen LogP contribution in [0.3, 0.4) is 0 Å². The van der Waals surface area contributed by atoms with Crippen LogP contribution in [0.1, 0.15) is 50.3 Å². The average Bonchev–Trinajstić information content (AvgIpc) is 2.86. The van der Waals surface area contributed by atoms with Gasteiger partial charge in [0.15, 0.2) is 6.10 Å². The van der Waals surface area contributed by atoms with Crippen molar-refractivity contribution in [1.82, 2.24) is 5.32 Å². The second-order valence-electron chi connectivity index (χ2n) is 10.4.